The first-order valence-electron chi connectivity index (χ1n) is 5.19. The highest BCUT2D eigenvalue weighted by atomic mass is 19.1. The van der Waals surface area contributed by atoms with Crippen LogP contribution in [0.2, 0.25) is 0 Å². The third kappa shape index (κ3) is 1.84. The first-order chi connectivity index (χ1) is 8.84. The van der Waals surface area contributed by atoms with Crippen LogP contribution in [0.1, 0.15) is 0 Å². The van der Waals surface area contributed by atoms with Crippen LogP contribution in [0.3, 0.4) is 0 Å². The maximum absolute atomic E-state index is 13.5. The van der Waals surface area contributed by atoms with Crippen LogP contribution in [0.5, 0.6) is 0 Å². The Bertz CT molecular complexity index is 669. The lowest BCUT2D eigenvalue weighted by atomic mass is 10.2. The molecule has 0 radical (unpaired) electrons. The van der Waals surface area contributed by atoms with Gasteiger partial charge in [0.05, 0.1) is 11.8 Å². The minimum atomic E-state index is -0.410. The van der Waals surface area contributed by atoms with Crippen LogP contribution in [0.15, 0.2) is 47.3 Å². The number of benzene rings is 1. The first kappa shape index (κ1) is 10.5. The summed E-state index contributed by atoms with van der Waals surface area (Å²) in [7, 11) is 0. The fraction of sp³-hybridized carbons (Fsp3) is 0. The maximum Gasteiger partial charge on any atom is 0.268 e. The van der Waals surface area contributed by atoms with Crippen molar-refractivity contribution in [1.29, 1.82) is 0 Å². The van der Waals surface area contributed by atoms with Crippen LogP contribution in [0.4, 0.5) is 4.39 Å². The standard InChI is InChI=1S/C12H7FN4O/c13-9-4-2-1-3-8(9)11-16-17-12(18-11)10-7-14-5-6-15-10/h1-7H. The predicted octanol–water partition coefficient (Wildman–Crippen LogP) is 2.33. The quantitative estimate of drug-likeness (QED) is 0.690. The van der Waals surface area contributed by atoms with E-state index in [4.69, 9.17) is 4.42 Å². The molecule has 0 atom stereocenters. The van der Waals surface area contributed by atoms with Crippen molar-refractivity contribution in [1.82, 2.24) is 20.2 Å². The van der Waals surface area contributed by atoms with Gasteiger partial charge in [0.25, 0.3) is 11.8 Å². The molecule has 0 bridgehead atoms. The van der Waals surface area contributed by atoms with Crippen LogP contribution in [0.25, 0.3) is 23.0 Å². The van der Waals surface area contributed by atoms with Crippen molar-refractivity contribution in [3.8, 4) is 23.0 Å². The maximum atomic E-state index is 13.5. The van der Waals surface area contributed by atoms with Gasteiger partial charge in [0.15, 0.2) is 0 Å². The van der Waals surface area contributed by atoms with Gasteiger partial charge in [-0.05, 0) is 12.1 Å². The summed E-state index contributed by atoms with van der Waals surface area (Å²) in [6, 6.07) is 6.20. The number of hydrogen-bond donors (Lipinski definition) is 0. The van der Waals surface area contributed by atoms with Crippen LogP contribution >= 0.6 is 0 Å². The van der Waals surface area contributed by atoms with Crippen molar-refractivity contribution in [2.45, 2.75) is 0 Å². The number of aromatic nitrogens is 4. The van der Waals surface area contributed by atoms with E-state index in [2.05, 4.69) is 20.2 Å². The molecule has 3 aromatic rings. The summed E-state index contributed by atoms with van der Waals surface area (Å²) in [5.74, 6) is -0.0815. The van der Waals surface area contributed by atoms with E-state index in [1.165, 1.54) is 24.7 Å². The van der Waals surface area contributed by atoms with Gasteiger partial charge in [-0.2, -0.15) is 0 Å². The molecule has 0 N–H and O–H groups in total. The van der Waals surface area contributed by atoms with E-state index in [0.717, 1.165) is 0 Å². The van der Waals surface area contributed by atoms with Gasteiger partial charge in [-0.3, -0.25) is 4.98 Å². The fourth-order valence-electron chi connectivity index (χ4n) is 1.48. The molecule has 88 valence electrons. The van der Waals surface area contributed by atoms with Crippen LogP contribution in [-0.4, -0.2) is 20.2 Å². The van der Waals surface area contributed by atoms with Gasteiger partial charge in [0.2, 0.25) is 0 Å². The van der Waals surface area contributed by atoms with Gasteiger partial charge in [-0.1, -0.05) is 12.1 Å². The SMILES string of the molecule is Fc1ccccc1-c1nnc(-c2cnccn2)o1. The lowest BCUT2D eigenvalue weighted by molar-refractivity contribution is 0.568. The van der Waals surface area contributed by atoms with E-state index >= 15 is 0 Å². The second-order valence-corrected chi connectivity index (χ2v) is 3.48. The van der Waals surface area contributed by atoms with Gasteiger partial charge in [0.1, 0.15) is 11.5 Å². The molecular formula is C12H7FN4O. The van der Waals surface area contributed by atoms with E-state index in [0.29, 0.717) is 5.69 Å². The molecule has 0 amide bonds. The van der Waals surface area contributed by atoms with Crippen LogP contribution in [-0.2, 0) is 0 Å². The minimum absolute atomic E-state index is 0.119. The lowest BCUT2D eigenvalue weighted by Crippen LogP contribution is -1.83. The van der Waals surface area contributed by atoms with Crippen molar-refractivity contribution in [3.63, 3.8) is 0 Å². The lowest BCUT2D eigenvalue weighted by Gasteiger charge is -1.95. The Hall–Kier alpha value is -2.63. The summed E-state index contributed by atoms with van der Waals surface area (Å²) in [4.78, 5) is 7.92. The summed E-state index contributed by atoms with van der Waals surface area (Å²) in [6.45, 7) is 0. The van der Waals surface area contributed by atoms with E-state index in [1.807, 2.05) is 0 Å². The summed E-state index contributed by atoms with van der Waals surface area (Å²) in [5.41, 5.74) is 0.715. The molecule has 6 heteroatoms. The zero-order chi connectivity index (χ0) is 12.4. The van der Waals surface area contributed by atoms with Crippen molar-refractivity contribution in [2.75, 3.05) is 0 Å². The van der Waals surface area contributed by atoms with Crippen LogP contribution < -0.4 is 0 Å². The van der Waals surface area contributed by atoms with Crippen molar-refractivity contribution >= 4 is 0 Å². The second-order valence-electron chi connectivity index (χ2n) is 3.48. The average Bonchev–Trinajstić information content (AvgIpc) is 2.90. The van der Waals surface area contributed by atoms with Gasteiger partial charge in [-0.25, -0.2) is 9.37 Å². The molecule has 0 aliphatic heterocycles. The van der Waals surface area contributed by atoms with Gasteiger partial charge < -0.3 is 4.42 Å². The van der Waals surface area contributed by atoms with E-state index in [1.54, 1.807) is 18.2 Å². The Kier molecular flexibility index (Phi) is 2.53. The molecule has 0 fully saturated rings. The van der Waals surface area contributed by atoms with Gasteiger partial charge >= 0.3 is 0 Å². The predicted molar refractivity (Wildman–Crippen MR) is 60.7 cm³/mol. The topological polar surface area (TPSA) is 64.7 Å². The van der Waals surface area contributed by atoms with Crippen LogP contribution in [0, 0.1) is 5.82 Å². The third-order valence-electron chi connectivity index (χ3n) is 2.31. The average molecular weight is 242 g/mol. The molecular weight excluding hydrogens is 235 g/mol. The molecule has 0 aliphatic carbocycles. The monoisotopic (exact) mass is 242 g/mol. The zero-order valence-electron chi connectivity index (χ0n) is 9.12. The molecule has 0 saturated carbocycles. The highest BCUT2D eigenvalue weighted by Crippen LogP contribution is 2.23. The van der Waals surface area contributed by atoms with E-state index < -0.39 is 5.82 Å². The Labute approximate surface area is 101 Å². The largest absolute Gasteiger partial charge is 0.414 e. The molecule has 0 spiro atoms. The van der Waals surface area contributed by atoms with Crippen molar-refractivity contribution < 1.29 is 8.81 Å². The molecule has 5 nitrogen and oxygen atoms in total. The fourth-order valence-corrected chi connectivity index (χ4v) is 1.48. The normalized spacial score (nSPS) is 10.5. The van der Waals surface area contributed by atoms with E-state index in [-0.39, 0.29) is 17.3 Å². The van der Waals surface area contributed by atoms with Crippen molar-refractivity contribution in [3.05, 3.63) is 48.7 Å². The minimum Gasteiger partial charge on any atom is -0.414 e. The summed E-state index contributed by atoms with van der Waals surface area (Å²) < 4.78 is 18.9. The number of hydrogen-bond acceptors (Lipinski definition) is 5. The Balaban J connectivity index is 2.03. The second kappa shape index (κ2) is 4.33. The Morgan fingerprint density at radius 3 is 2.61 bits per heavy atom. The number of rotatable bonds is 2. The highest BCUT2D eigenvalue weighted by molar-refractivity contribution is 5.55. The molecule has 1 aromatic carbocycles. The van der Waals surface area contributed by atoms with Gasteiger partial charge in [-0.15, -0.1) is 10.2 Å². The number of nitrogens with zero attached hydrogens (tertiary/aromatic N) is 4. The Morgan fingerprint density at radius 1 is 1.00 bits per heavy atom. The molecule has 0 aliphatic rings. The van der Waals surface area contributed by atoms with Gasteiger partial charge in [0, 0.05) is 12.4 Å². The van der Waals surface area contributed by atoms with E-state index in [9.17, 15) is 4.39 Å². The smallest absolute Gasteiger partial charge is 0.268 e. The number of halogens is 1. The third-order valence-corrected chi connectivity index (χ3v) is 2.31. The first-order valence-corrected chi connectivity index (χ1v) is 5.19. The zero-order valence-corrected chi connectivity index (χ0v) is 9.12. The summed E-state index contributed by atoms with van der Waals surface area (Å²) in [6.07, 6.45) is 4.55. The Morgan fingerprint density at radius 2 is 1.83 bits per heavy atom. The molecule has 2 heterocycles. The molecule has 18 heavy (non-hydrogen) atoms. The van der Waals surface area contributed by atoms with Crippen molar-refractivity contribution in [2.24, 2.45) is 0 Å². The molecule has 0 unspecified atom stereocenters. The highest BCUT2D eigenvalue weighted by Gasteiger charge is 2.14. The molecule has 0 saturated heterocycles. The summed E-state index contributed by atoms with van der Waals surface area (Å²) >= 11 is 0. The molecule has 2 aromatic heterocycles. The summed E-state index contributed by atoms with van der Waals surface area (Å²) in [5, 5.41) is 7.62. The molecule has 3 rings (SSSR count).